The Morgan fingerprint density at radius 2 is 1.75 bits per heavy atom. The first kappa shape index (κ1) is 13.2. The van der Waals surface area contributed by atoms with Gasteiger partial charge in [-0.3, -0.25) is 0 Å². The maximum atomic E-state index is 5.49. The fourth-order valence-corrected chi connectivity index (χ4v) is 2.36. The summed E-state index contributed by atoms with van der Waals surface area (Å²) in [7, 11) is 1.69. The molecule has 3 heteroatoms. The second kappa shape index (κ2) is 6.07. The van der Waals surface area contributed by atoms with E-state index in [2.05, 4.69) is 36.4 Å². The second-order valence-electron chi connectivity index (χ2n) is 4.84. The number of ether oxygens (including phenoxy) is 3. The molecule has 2 aromatic rings. The first-order valence-electron chi connectivity index (χ1n) is 6.80. The van der Waals surface area contributed by atoms with Crippen LogP contribution in [0.1, 0.15) is 23.0 Å². The zero-order valence-electron chi connectivity index (χ0n) is 11.5. The van der Waals surface area contributed by atoms with Crippen LogP contribution in [0.15, 0.2) is 48.5 Å². The molecule has 0 aliphatic carbocycles. The average molecular weight is 270 g/mol. The fourth-order valence-electron chi connectivity index (χ4n) is 2.36. The van der Waals surface area contributed by atoms with E-state index in [0.717, 1.165) is 17.7 Å². The van der Waals surface area contributed by atoms with Crippen LogP contribution >= 0.6 is 0 Å². The van der Waals surface area contributed by atoms with Crippen LogP contribution in [0.25, 0.3) is 0 Å². The molecule has 1 saturated heterocycles. The Morgan fingerprint density at radius 3 is 2.45 bits per heavy atom. The van der Waals surface area contributed by atoms with Gasteiger partial charge in [-0.15, -0.1) is 0 Å². The minimum absolute atomic E-state index is 0.194. The Morgan fingerprint density at radius 1 is 1.00 bits per heavy atom. The summed E-state index contributed by atoms with van der Waals surface area (Å²) in [6, 6.07) is 16.6. The smallest absolute Gasteiger partial charge is 0.184 e. The highest BCUT2D eigenvalue weighted by atomic mass is 16.7. The third-order valence-corrected chi connectivity index (χ3v) is 3.42. The van der Waals surface area contributed by atoms with Gasteiger partial charge in [-0.1, -0.05) is 36.4 Å². The lowest BCUT2D eigenvalue weighted by atomic mass is 10.0. The van der Waals surface area contributed by atoms with Crippen molar-refractivity contribution in [2.75, 3.05) is 20.3 Å². The van der Waals surface area contributed by atoms with E-state index in [1.807, 2.05) is 12.1 Å². The Bertz CT molecular complexity index is 557. The SMILES string of the molecule is COc1cccc(Cc2ccc(C3OCCO3)cc2)c1. The fraction of sp³-hybridized carbons (Fsp3) is 0.294. The van der Waals surface area contributed by atoms with Gasteiger partial charge in [-0.2, -0.15) is 0 Å². The van der Waals surface area contributed by atoms with Crippen molar-refractivity contribution in [2.45, 2.75) is 12.7 Å². The first-order valence-corrected chi connectivity index (χ1v) is 6.80. The topological polar surface area (TPSA) is 27.7 Å². The van der Waals surface area contributed by atoms with E-state index in [0.29, 0.717) is 13.2 Å². The van der Waals surface area contributed by atoms with Crippen LogP contribution in [0.4, 0.5) is 0 Å². The van der Waals surface area contributed by atoms with E-state index in [1.54, 1.807) is 7.11 Å². The third kappa shape index (κ3) is 3.00. The summed E-state index contributed by atoms with van der Waals surface area (Å²) in [6.07, 6.45) is 0.699. The molecule has 104 valence electrons. The van der Waals surface area contributed by atoms with Gasteiger partial charge in [0, 0.05) is 5.56 Å². The van der Waals surface area contributed by atoms with Crippen LogP contribution < -0.4 is 4.74 Å². The molecule has 0 radical (unpaired) electrons. The average Bonchev–Trinajstić information content (AvgIpc) is 3.02. The van der Waals surface area contributed by atoms with Gasteiger partial charge in [-0.05, 0) is 29.7 Å². The van der Waals surface area contributed by atoms with Crippen LogP contribution in [-0.2, 0) is 15.9 Å². The van der Waals surface area contributed by atoms with Gasteiger partial charge in [0.15, 0.2) is 6.29 Å². The molecule has 3 nitrogen and oxygen atoms in total. The van der Waals surface area contributed by atoms with E-state index in [4.69, 9.17) is 14.2 Å². The lowest BCUT2D eigenvalue weighted by molar-refractivity contribution is -0.0441. The van der Waals surface area contributed by atoms with Crippen molar-refractivity contribution >= 4 is 0 Å². The Kier molecular flexibility index (Phi) is 4.00. The van der Waals surface area contributed by atoms with E-state index in [9.17, 15) is 0 Å². The second-order valence-corrected chi connectivity index (χ2v) is 4.84. The van der Waals surface area contributed by atoms with E-state index in [1.165, 1.54) is 11.1 Å². The lowest BCUT2D eigenvalue weighted by Crippen LogP contribution is -1.98. The molecule has 1 heterocycles. The molecule has 0 saturated carbocycles. The number of rotatable bonds is 4. The van der Waals surface area contributed by atoms with Crippen molar-refractivity contribution in [1.82, 2.24) is 0 Å². The Hall–Kier alpha value is -1.84. The van der Waals surface area contributed by atoms with Crippen molar-refractivity contribution in [1.29, 1.82) is 0 Å². The zero-order valence-corrected chi connectivity index (χ0v) is 11.5. The quantitative estimate of drug-likeness (QED) is 0.853. The molecule has 3 rings (SSSR count). The highest BCUT2D eigenvalue weighted by molar-refractivity contribution is 5.33. The van der Waals surface area contributed by atoms with E-state index < -0.39 is 0 Å². The third-order valence-electron chi connectivity index (χ3n) is 3.42. The molecule has 0 spiro atoms. The largest absolute Gasteiger partial charge is 0.497 e. The highest BCUT2D eigenvalue weighted by Crippen LogP contribution is 2.24. The van der Waals surface area contributed by atoms with Crippen LogP contribution in [0.3, 0.4) is 0 Å². The molecule has 1 fully saturated rings. The van der Waals surface area contributed by atoms with E-state index in [-0.39, 0.29) is 6.29 Å². The van der Waals surface area contributed by atoms with Crippen LogP contribution in [0.2, 0.25) is 0 Å². The number of benzene rings is 2. The maximum Gasteiger partial charge on any atom is 0.184 e. The molecule has 1 aliphatic heterocycles. The summed E-state index contributed by atoms with van der Waals surface area (Å²) >= 11 is 0. The van der Waals surface area contributed by atoms with Crippen molar-refractivity contribution < 1.29 is 14.2 Å². The van der Waals surface area contributed by atoms with Crippen molar-refractivity contribution in [3.05, 3.63) is 65.2 Å². The normalized spacial score (nSPS) is 15.4. The Labute approximate surface area is 119 Å². The summed E-state index contributed by atoms with van der Waals surface area (Å²) in [6.45, 7) is 1.35. The summed E-state index contributed by atoms with van der Waals surface area (Å²) < 4.78 is 16.2. The van der Waals surface area contributed by atoms with Crippen molar-refractivity contribution in [3.8, 4) is 5.75 Å². The summed E-state index contributed by atoms with van der Waals surface area (Å²) in [5.74, 6) is 0.895. The predicted molar refractivity (Wildman–Crippen MR) is 76.9 cm³/mol. The van der Waals surface area contributed by atoms with Crippen molar-refractivity contribution in [3.63, 3.8) is 0 Å². The number of hydrogen-bond donors (Lipinski definition) is 0. The van der Waals surface area contributed by atoms with Crippen LogP contribution in [0, 0.1) is 0 Å². The number of hydrogen-bond acceptors (Lipinski definition) is 3. The molecule has 0 amide bonds. The van der Waals surface area contributed by atoms with Gasteiger partial charge in [0.1, 0.15) is 5.75 Å². The number of methoxy groups -OCH3 is 1. The molecule has 0 unspecified atom stereocenters. The minimum atomic E-state index is -0.194. The molecular formula is C17H18O3. The monoisotopic (exact) mass is 270 g/mol. The highest BCUT2D eigenvalue weighted by Gasteiger charge is 2.17. The molecule has 0 N–H and O–H groups in total. The standard InChI is InChI=1S/C17H18O3/c1-18-16-4-2-3-14(12-16)11-13-5-7-15(8-6-13)17-19-9-10-20-17/h2-8,12,17H,9-11H2,1H3. The molecule has 2 aromatic carbocycles. The maximum absolute atomic E-state index is 5.49. The van der Waals surface area contributed by atoms with Gasteiger partial charge in [-0.25, -0.2) is 0 Å². The predicted octanol–water partition coefficient (Wildman–Crippen LogP) is 3.33. The minimum Gasteiger partial charge on any atom is -0.497 e. The van der Waals surface area contributed by atoms with Gasteiger partial charge < -0.3 is 14.2 Å². The molecule has 20 heavy (non-hydrogen) atoms. The summed E-state index contributed by atoms with van der Waals surface area (Å²) in [5, 5.41) is 0. The zero-order chi connectivity index (χ0) is 13.8. The van der Waals surface area contributed by atoms with Crippen molar-refractivity contribution in [2.24, 2.45) is 0 Å². The van der Waals surface area contributed by atoms with Gasteiger partial charge in [0.25, 0.3) is 0 Å². The van der Waals surface area contributed by atoms with Gasteiger partial charge in [0.05, 0.1) is 20.3 Å². The molecule has 0 aromatic heterocycles. The summed E-state index contributed by atoms with van der Waals surface area (Å²) in [4.78, 5) is 0. The lowest BCUT2D eigenvalue weighted by Gasteiger charge is -2.10. The Balaban J connectivity index is 1.71. The molecule has 1 aliphatic rings. The van der Waals surface area contributed by atoms with Gasteiger partial charge >= 0.3 is 0 Å². The van der Waals surface area contributed by atoms with Crippen LogP contribution in [-0.4, -0.2) is 20.3 Å². The van der Waals surface area contributed by atoms with E-state index >= 15 is 0 Å². The first-order chi connectivity index (χ1) is 9.85. The molecule has 0 atom stereocenters. The van der Waals surface area contributed by atoms with Crippen LogP contribution in [0.5, 0.6) is 5.75 Å². The molecular weight excluding hydrogens is 252 g/mol. The summed E-state index contributed by atoms with van der Waals surface area (Å²) in [5.41, 5.74) is 3.59. The molecule has 0 bridgehead atoms. The van der Waals surface area contributed by atoms with Gasteiger partial charge in [0.2, 0.25) is 0 Å².